The third kappa shape index (κ3) is 3.28. The van der Waals surface area contributed by atoms with Gasteiger partial charge in [0, 0.05) is 6.42 Å². The minimum Gasteiger partial charge on any atom is -0.484 e. The van der Waals surface area contributed by atoms with Crippen molar-refractivity contribution in [3.05, 3.63) is 40.9 Å². The summed E-state index contributed by atoms with van der Waals surface area (Å²) in [5.74, 6) is 0.480. The van der Waals surface area contributed by atoms with Gasteiger partial charge in [0.15, 0.2) is 17.5 Å². The second-order valence-electron chi connectivity index (χ2n) is 4.72. The van der Waals surface area contributed by atoms with Crippen LogP contribution in [0.2, 0.25) is 0 Å². The van der Waals surface area contributed by atoms with Gasteiger partial charge in [0.25, 0.3) is 5.91 Å². The van der Waals surface area contributed by atoms with E-state index in [0.29, 0.717) is 22.2 Å². The van der Waals surface area contributed by atoms with Crippen LogP contribution in [0.3, 0.4) is 0 Å². The number of carbonyl (C=O) groups excluding carboxylic acids is 2. The zero-order valence-corrected chi connectivity index (χ0v) is 12.1. The fourth-order valence-electron chi connectivity index (χ4n) is 2.14. The average Bonchev–Trinajstić information content (AvgIpc) is 2.90. The number of fused-ring (bicyclic) bond motifs is 1. The number of amides is 1. The van der Waals surface area contributed by atoms with Crippen LogP contribution in [0.25, 0.3) is 0 Å². The first kappa shape index (κ1) is 13.8. The maximum absolute atomic E-state index is 11.8. The van der Waals surface area contributed by atoms with Gasteiger partial charge in [-0.3, -0.25) is 14.9 Å². The summed E-state index contributed by atoms with van der Waals surface area (Å²) in [5.41, 5.74) is 0.801. The van der Waals surface area contributed by atoms with Crippen molar-refractivity contribution in [2.24, 2.45) is 0 Å². The summed E-state index contributed by atoms with van der Waals surface area (Å²) in [5, 5.41) is 3.15. The molecule has 21 heavy (non-hydrogen) atoms. The number of aromatic nitrogens is 1. The second kappa shape index (κ2) is 6.05. The zero-order chi connectivity index (χ0) is 14.7. The summed E-state index contributed by atoms with van der Waals surface area (Å²) in [6.07, 6.45) is 2.20. The lowest BCUT2D eigenvalue weighted by Crippen LogP contribution is -2.20. The highest BCUT2D eigenvalue weighted by molar-refractivity contribution is 7.17. The molecular weight excluding hydrogens is 288 g/mol. The number of ketones is 1. The van der Waals surface area contributed by atoms with Crippen molar-refractivity contribution in [3.8, 4) is 5.75 Å². The van der Waals surface area contributed by atoms with E-state index in [1.165, 1.54) is 11.3 Å². The lowest BCUT2D eigenvalue weighted by Gasteiger charge is -2.05. The first-order valence-corrected chi connectivity index (χ1v) is 7.54. The maximum atomic E-state index is 11.8. The van der Waals surface area contributed by atoms with E-state index in [4.69, 9.17) is 4.74 Å². The Morgan fingerprint density at radius 2 is 2.10 bits per heavy atom. The summed E-state index contributed by atoms with van der Waals surface area (Å²) >= 11 is 1.25. The van der Waals surface area contributed by atoms with Gasteiger partial charge in [-0.15, -0.1) is 0 Å². The van der Waals surface area contributed by atoms with Crippen molar-refractivity contribution < 1.29 is 14.3 Å². The quantitative estimate of drug-likeness (QED) is 0.943. The highest BCUT2D eigenvalue weighted by Gasteiger charge is 2.22. The van der Waals surface area contributed by atoms with Crippen LogP contribution in [-0.2, 0) is 11.2 Å². The number of rotatable bonds is 4. The first-order valence-electron chi connectivity index (χ1n) is 6.73. The second-order valence-corrected chi connectivity index (χ2v) is 5.72. The number of anilines is 1. The topological polar surface area (TPSA) is 68.3 Å². The van der Waals surface area contributed by atoms with Gasteiger partial charge in [0.05, 0.1) is 10.6 Å². The third-order valence-electron chi connectivity index (χ3n) is 3.13. The van der Waals surface area contributed by atoms with Gasteiger partial charge < -0.3 is 4.74 Å². The molecule has 0 radical (unpaired) electrons. The van der Waals surface area contributed by atoms with Crippen molar-refractivity contribution in [2.45, 2.75) is 19.3 Å². The predicted molar refractivity (Wildman–Crippen MR) is 79.9 cm³/mol. The molecule has 5 nitrogen and oxygen atoms in total. The fourth-order valence-corrected chi connectivity index (χ4v) is 3.14. The summed E-state index contributed by atoms with van der Waals surface area (Å²) in [4.78, 5) is 28.5. The van der Waals surface area contributed by atoms with Gasteiger partial charge in [-0.1, -0.05) is 29.5 Å². The number of para-hydroxylation sites is 1. The molecule has 1 aromatic heterocycles. The highest BCUT2D eigenvalue weighted by atomic mass is 32.1. The first-order chi connectivity index (χ1) is 10.2. The van der Waals surface area contributed by atoms with E-state index >= 15 is 0 Å². The average molecular weight is 302 g/mol. The molecule has 0 saturated carbocycles. The molecule has 0 atom stereocenters. The summed E-state index contributed by atoms with van der Waals surface area (Å²) in [6, 6.07) is 9.13. The molecule has 0 unspecified atom stereocenters. The summed E-state index contributed by atoms with van der Waals surface area (Å²) in [6.45, 7) is -0.0811. The molecule has 108 valence electrons. The van der Waals surface area contributed by atoms with Crippen LogP contribution in [0.5, 0.6) is 5.75 Å². The van der Waals surface area contributed by atoms with E-state index in [0.717, 1.165) is 18.5 Å². The molecule has 2 aromatic rings. The van der Waals surface area contributed by atoms with Gasteiger partial charge in [0.2, 0.25) is 0 Å². The number of aryl methyl sites for hydroxylation is 1. The summed E-state index contributed by atoms with van der Waals surface area (Å²) < 4.78 is 5.36. The number of hydrogen-bond acceptors (Lipinski definition) is 5. The van der Waals surface area contributed by atoms with Crippen LogP contribution in [0.4, 0.5) is 5.13 Å². The van der Waals surface area contributed by atoms with Gasteiger partial charge in [0.1, 0.15) is 5.75 Å². The molecule has 0 saturated heterocycles. The molecule has 1 N–H and O–H groups in total. The van der Waals surface area contributed by atoms with Crippen LogP contribution in [-0.4, -0.2) is 23.3 Å². The standard InChI is InChI=1S/C15H14N2O3S/c18-12-8-4-7-11-14(12)21-15(16-11)17-13(19)9-20-10-5-2-1-3-6-10/h1-3,5-6H,4,7-9H2,(H,16,17,19). The van der Waals surface area contributed by atoms with Crippen LogP contribution < -0.4 is 10.1 Å². The number of carbonyl (C=O) groups is 2. The molecule has 6 heteroatoms. The number of benzene rings is 1. The minimum atomic E-state index is -0.280. The van der Waals surface area contributed by atoms with E-state index in [9.17, 15) is 9.59 Å². The maximum Gasteiger partial charge on any atom is 0.264 e. The van der Waals surface area contributed by atoms with Gasteiger partial charge in [-0.2, -0.15) is 0 Å². The molecule has 1 amide bonds. The number of nitrogens with one attached hydrogen (secondary N) is 1. The summed E-state index contributed by atoms with van der Waals surface area (Å²) in [7, 11) is 0. The minimum absolute atomic E-state index is 0.0811. The molecule has 0 bridgehead atoms. The van der Waals surface area contributed by atoms with Crippen molar-refractivity contribution in [2.75, 3.05) is 11.9 Å². The van der Waals surface area contributed by atoms with Crippen LogP contribution >= 0.6 is 11.3 Å². The number of thiazole rings is 1. The van der Waals surface area contributed by atoms with Crippen LogP contribution in [0.1, 0.15) is 28.2 Å². The molecule has 0 aliphatic heterocycles. The Kier molecular flexibility index (Phi) is 3.96. The molecule has 3 rings (SSSR count). The lowest BCUT2D eigenvalue weighted by molar-refractivity contribution is -0.118. The van der Waals surface area contributed by atoms with E-state index in [-0.39, 0.29) is 18.3 Å². The number of ether oxygens (including phenoxy) is 1. The Morgan fingerprint density at radius 3 is 2.86 bits per heavy atom. The van der Waals surface area contributed by atoms with Crippen molar-refractivity contribution >= 4 is 28.2 Å². The van der Waals surface area contributed by atoms with Crippen molar-refractivity contribution in [3.63, 3.8) is 0 Å². The Labute approximate surface area is 126 Å². The largest absolute Gasteiger partial charge is 0.484 e. The number of Topliss-reactive ketones (excluding diaryl/α,β-unsaturated/α-hetero) is 1. The van der Waals surface area contributed by atoms with Gasteiger partial charge in [-0.05, 0) is 25.0 Å². The molecule has 1 aliphatic rings. The molecular formula is C15H14N2O3S. The predicted octanol–water partition coefficient (Wildman–Crippen LogP) is 2.68. The van der Waals surface area contributed by atoms with Gasteiger partial charge in [-0.25, -0.2) is 4.98 Å². The monoisotopic (exact) mass is 302 g/mol. The van der Waals surface area contributed by atoms with E-state index in [1.54, 1.807) is 12.1 Å². The Morgan fingerprint density at radius 1 is 1.29 bits per heavy atom. The molecule has 0 fully saturated rings. The fraction of sp³-hybridized carbons (Fsp3) is 0.267. The lowest BCUT2D eigenvalue weighted by atomic mass is 10.0. The van der Waals surface area contributed by atoms with Crippen molar-refractivity contribution in [1.82, 2.24) is 4.98 Å². The number of hydrogen-bond donors (Lipinski definition) is 1. The van der Waals surface area contributed by atoms with Crippen LogP contribution in [0.15, 0.2) is 30.3 Å². The zero-order valence-electron chi connectivity index (χ0n) is 11.3. The van der Waals surface area contributed by atoms with Crippen molar-refractivity contribution in [1.29, 1.82) is 0 Å². The molecule has 0 spiro atoms. The van der Waals surface area contributed by atoms with E-state index < -0.39 is 0 Å². The smallest absolute Gasteiger partial charge is 0.264 e. The highest BCUT2D eigenvalue weighted by Crippen LogP contribution is 2.29. The normalized spacial score (nSPS) is 13.6. The number of nitrogens with zero attached hydrogens (tertiary/aromatic N) is 1. The third-order valence-corrected chi connectivity index (χ3v) is 4.18. The Balaban J connectivity index is 1.59. The molecule has 1 heterocycles. The molecule has 1 aliphatic carbocycles. The molecule has 1 aromatic carbocycles. The Hall–Kier alpha value is -2.21. The van der Waals surface area contributed by atoms with Gasteiger partial charge >= 0.3 is 0 Å². The Bertz CT molecular complexity index is 667. The van der Waals surface area contributed by atoms with E-state index in [1.807, 2.05) is 18.2 Å². The SMILES string of the molecule is O=C(COc1ccccc1)Nc1nc2c(s1)C(=O)CCC2. The van der Waals surface area contributed by atoms with Crippen LogP contribution in [0, 0.1) is 0 Å². The van der Waals surface area contributed by atoms with E-state index in [2.05, 4.69) is 10.3 Å².